The summed E-state index contributed by atoms with van der Waals surface area (Å²) in [6.45, 7) is 1.75. The summed E-state index contributed by atoms with van der Waals surface area (Å²) < 4.78 is 0.933. The molecule has 3 rings (SSSR count). The molecule has 5 nitrogen and oxygen atoms in total. The molecule has 1 N–H and O–H groups in total. The third-order valence-electron chi connectivity index (χ3n) is 3.70. The van der Waals surface area contributed by atoms with Gasteiger partial charge in [0.05, 0.1) is 6.42 Å². The van der Waals surface area contributed by atoms with Gasteiger partial charge in [0.25, 0.3) is 11.8 Å². The number of anilines is 1. The lowest BCUT2D eigenvalue weighted by atomic mass is 9.91. The highest BCUT2D eigenvalue weighted by atomic mass is 79.9. The third kappa shape index (κ3) is 2.62. The zero-order valence-electron chi connectivity index (χ0n) is 11.9. The summed E-state index contributed by atoms with van der Waals surface area (Å²) in [6.07, 6.45) is 7.15. The predicted octanol–water partition coefficient (Wildman–Crippen LogP) is 2.86. The minimum Gasteiger partial charge on any atom is -0.324 e. The number of hydrogen-bond acceptors (Lipinski definition) is 3. The van der Waals surface area contributed by atoms with Crippen molar-refractivity contribution in [1.82, 2.24) is 4.90 Å². The fourth-order valence-corrected chi connectivity index (χ4v) is 2.74. The molecule has 1 atom stereocenters. The maximum atomic E-state index is 12.7. The SMILES string of the molecule is CC1(C(=O)Nc2ccc(Br)cc2)CC(=O)N=C2C=CC=CN21. The first-order valence-electron chi connectivity index (χ1n) is 6.82. The van der Waals surface area contributed by atoms with E-state index in [4.69, 9.17) is 0 Å². The molecule has 0 aromatic heterocycles. The lowest BCUT2D eigenvalue weighted by Crippen LogP contribution is -2.58. The lowest BCUT2D eigenvalue weighted by Gasteiger charge is -2.41. The molecule has 0 saturated carbocycles. The molecular formula is C16H14BrN3O2. The summed E-state index contributed by atoms with van der Waals surface area (Å²) >= 11 is 3.35. The molecule has 22 heavy (non-hydrogen) atoms. The van der Waals surface area contributed by atoms with Crippen LogP contribution in [0.5, 0.6) is 0 Å². The topological polar surface area (TPSA) is 61.8 Å². The van der Waals surface area contributed by atoms with E-state index in [-0.39, 0.29) is 18.2 Å². The number of amidine groups is 1. The molecule has 0 spiro atoms. The van der Waals surface area contributed by atoms with Crippen molar-refractivity contribution >= 4 is 39.3 Å². The summed E-state index contributed by atoms with van der Waals surface area (Å²) in [4.78, 5) is 30.3. The van der Waals surface area contributed by atoms with Crippen molar-refractivity contribution in [3.8, 4) is 0 Å². The summed E-state index contributed by atoms with van der Waals surface area (Å²) in [5, 5.41) is 2.87. The van der Waals surface area contributed by atoms with E-state index >= 15 is 0 Å². The van der Waals surface area contributed by atoms with Crippen LogP contribution in [-0.2, 0) is 9.59 Å². The number of halogens is 1. The Labute approximate surface area is 136 Å². The normalized spacial score (nSPS) is 23.1. The highest BCUT2D eigenvalue weighted by Gasteiger charge is 2.45. The van der Waals surface area contributed by atoms with Crippen molar-refractivity contribution in [2.24, 2.45) is 4.99 Å². The average molecular weight is 360 g/mol. The lowest BCUT2D eigenvalue weighted by molar-refractivity contribution is -0.130. The Morgan fingerprint density at radius 2 is 2.05 bits per heavy atom. The monoisotopic (exact) mass is 359 g/mol. The zero-order valence-corrected chi connectivity index (χ0v) is 13.5. The smallest absolute Gasteiger partial charge is 0.250 e. The van der Waals surface area contributed by atoms with Crippen molar-refractivity contribution in [3.63, 3.8) is 0 Å². The molecule has 1 aromatic carbocycles. The number of nitrogens with one attached hydrogen (secondary N) is 1. The number of hydrogen-bond donors (Lipinski definition) is 1. The molecule has 112 valence electrons. The number of benzene rings is 1. The van der Waals surface area contributed by atoms with Gasteiger partial charge in [-0.15, -0.1) is 0 Å². The van der Waals surface area contributed by atoms with E-state index in [1.165, 1.54) is 0 Å². The standard InChI is InChI=1S/C16H14BrN3O2/c1-16(15(22)18-12-7-5-11(17)6-8-12)10-14(21)19-13-4-2-3-9-20(13)16/h2-9H,10H2,1H3,(H,18,22). The first-order valence-corrected chi connectivity index (χ1v) is 7.61. The molecule has 0 fully saturated rings. The van der Waals surface area contributed by atoms with Crippen LogP contribution < -0.4 is 5.32 Å². The maximum absolute atomic E-state index is 12.7. The van der Waals surface area contributed by atoms with Gasteiger partial charge in [-0.25, -0.2) is 0 Å². The van der Waals surface area contributed by atoms with Crippen LogP contribution >= 0.6 is 15.9 Å². The summed E-state index contributed by atoms with van der Waals surface area (Å²) in [5.41, 5.74) is -0.315. The number of fused-ring (bicyclic) bond motifs is 1. The van der Waals surface area contributed by atoms with Gasteiger partial charge in [0, 0.05) is 16.4 Å². The average Bonchev–Trinajstić information content (AvgIpc) is 2.49. The van der Waals surface area contributed by atoms with E-state index in [2.05, 4.69) is 26.2 Å². The van der Waals surface area contributed by atoms with E-state index in [1.54, 1.807) is 42.3 Å². The second kappa shape index (κ2) is 5.53. The number of nitrogens with zero attached hydrogens (tertiary/aromatic N) is 2. The molecule has 2 amide bonds. The van der Waals surface area contributed by atoms with Crippen molar-refractivity contribution < 1.29 is 9.59 Å². The minimum absolute atomic E-state index is 0.0387. The molecule has 0 saturated heterocycles. The minimum atomic E-state index is -0.998. The molecule has 1 aromatic rings. The largest absolute Gasteiger partial charge is 0.324 e. The Kier molecular flexibility index (Phi) is 3.70. The number of rotatable bonds is 2. The number of aliphatic imine (C=N–C) groups is 1. The third-order valence-corrected chi connectivity index (χ3v) is 4.22. The van der Waals surface area contributed by atoms with Gasteiger partial charge in [-0.3, -0.25) is 9.59 Å². The van der Waals surface area contributed by atoms with Crippen LogP contribution in [0.4, 0.5) is 5.69 Å². The van der Waals surface area contributed by atoms with Gasteiger partial charge in [-0.1, -0.05) is 22.0 Å². The summed E-state index contributed by atoms with van der Waals surface area (Å²) in [5.74, 6) is -0.0395. The predicted molar refractivity (Wildman–Crippen MR) is 88.4 cm³/mol. The van der Waals surface area contributed by atoms with Crippen LogP contribution in [0.3, 0.4) is 0 Å². The second-order valence-electron chi connectivity index (χ2n) is 5.35. The molecule has 1 unspecified atom stereocenters. The zero-order chi connectivity index (χ0) is 15.7. The number of allylic oxidation sites excluding steroid dienone is 2. The summed E-state index contributed by atoms with van der Waals surface area (Å²) in [7, 11) is 0. The molecule has 6 heteroatoms. The van der Waals surface area contributed by atoms with E-state index in [0.717, 1.165) is 4.47 Å². The molecule has 0 aliphatic carbocycles. The van der Waals surface area contributed by atoms with Gasteiger partial charge in [-0.05, 0) is 43.3 Å². The maximum Gasteiger partial charge on any atom is 0.250 e. The number of amides is 2. The van der Waals surface area contributed by atoms with Gasteiger partial charge >= 0.3 is 0 Å². The van der Waals surface area contributed by atoms with Gasteiger partial charge in [0.2, 0.25) is 0 Å². The van der Waals surface area contributed by atoms with Crippen LogP contribution in [0.15, 0.2) is 58.2 Å². The van der Waals surface area contributed by atoms with E-state index in [1.807, 2.05) is 18.2 Å². The van der Waals surface area contributed by atoms with Crippen LogP contribution in [-0.4, -0.2) is 28.1 Å². The quantitative estimate of drug-likeness (QED) is 0.882. The van der Waals surface area contributed by atoms with Gasteiger partial charge in [0.1, 0.15) is 11.4 Å². The Morgan fingerprint density at radius 1 is 1.32 bits per heavy atom. The highest BCUT2D eigenvalue weighted by Crippen LogP contribution is 2.29. The molecule has 2 aliphatic heterocycles. The molecule has 2 heterocycles. The van der Waals surface area contributed by atoms with Crippen LogP contribution in [0.1, 0.15) is 13.3 Å². The fourth-order valence-electron chi connectivity index (χ4n) is 2.48. The Hall–Kier alpha value is -2.21. The second-order valence-corrected chi connectivity index (χ2v) is 6.26. The van der Waals surface area contributed by atoms with Crippen molar-refractivity contribution in [2.45, 2.75) is 18.9 Å². The number of carbonyl (C=O) groups is 2. The van der Waals surface area contributed by atoms with Crippen LogP contribution in [0, 0.1) is 0 Å². The Balaban J connectivity index is 1.88. The first kappa shape index (κ1) is 14.7. The van der Waals surface area contributed by atoms with E-state index in [0.29, 0.717) is 11.5 Å². The van der Waals surface area contributed by atoms with Crippen molar-refractivity contribution in [1.29, 1.82) is 0 Å². The van der Waals surface area contributed by atoms with Gasteiger partial charge < -0.3 is 10.2 Å². The van der Waals surface area contributed by atoms with Crippen molar-refractivity contribution in [2.75, 3.05) is 5.32 Å². The van der Waals surface area contributed by atoms with E-state index in [9.17, 15) is 9.59 Å². The summed E-state index contributed by atoms with van der Waals surface area (Å²) in [6, 6.07) is 7.30. The van der Waals surface area contributed by atoms with Gasteiger partial charge in [0.15, 0.2) is 0 Å². The van der Waals surface area contributed by atoms with Crippen LogP contribution in [0.25, 0.3) is 0 Å². The fraction of sp³-hybridized carbons (Fsp3) is 0.188. The van der Waals surface area contributed by atoms with Crippen molar-refractivity contribution in [3.05, 3.63) is 53.2 Å². The van der Waals surface area contributed by atoms with Crippen LogP contribution in [0.2, 0.25) is 0 Å². The highest BCUT2D eigenvalue weighted by molar-refractivity contribution is 9.10. The first-order chi connectivity index (χ1) is 10.5. The molecule has 0 radical (unpaired) electrons. The molecule has 2 aliphatic rings. The Morgan fingerprint density at radius 3 is 2.77 bits per heavy atom. The number of carbonyl (C=O) groups excluding carboxylic acids is 2. The molecular weight excluding hydrogens is 346 g/mol. The molecule has 0 bridgehead atoms. The van der Waals surface area contributed by atoms with Gasteiger partial charge in [-0.2, -0.15) is 4.99 Å². The Bertz CT molecular complexity index is 721. The van der Waals surface area contributed by atoms with E-state index < -0.39 is 5.54 Å².